The molecule has 0 spiro atoms. The number of nitrogens with zero attached hydrogens (tertiary/aromatic N) is 4. The normalized spacial score (nSPS) is 11.4. The van der Waals surface area contributed by atoms with Gasteiger partial charge in [-0.25, -0.2) is 4.98 Å². The van der Waals surface area contributed by atoms with Gasteiger partial charge in [-0.15, -0.1) is 22.6 Å². The van der Waals surface area contributed by atoms with Crippen molar-refractivity contribution in [2.24, 2.45) is 11.5 Å². The monoisotopic (exact) mass is 387 g/mol. The molecule has 6 N–H and O–H groups in total. The highest BCUT2D eigenvalue weighted by atomic mass is 35.5. The lowest BCUT2D eigenvalue weighted by molar-refractivity contribution is -0.138. The second-order valence-corrected chi connectivity index (χ2v) is 5.69. The second kappa shape index (κ2) is 8.39. The van der Waals surface area contributed by atoms with Crippen molar-refractivity contribution in [1.29, 1.82) is 5.41 Å². The number of aliphatic carboxylic acids is 1. The van der Waals surface area contributed by atoms with Crippen LogP contribution < -0.4 is 11.5 Å². The first-order valence-corrected chi connectivity index (χ1v) is 7.74. The number of nitrogen functional groups attached to an aromatic ring is 1. The van der Waals surface area contributed by atoms with Gasteiger partial charge in [-0.3, -0.25) is 14.8 Å². The number of carboxylic acid groups (broad SMARTS) is 1. The molecule has 0 aliphatic carbocycles. The number of benzene rings is 1. The summed E-state index contributed by atoms with van der Waals surface area (Å²) in [6, 6.07) is 9.75. The summed E-state index contributed by atoms with van der Waals surface area (Å²) in [5.41, 5.74) is 13.7. The van der Waals surface area contributed by atoms with Gasteiger partial charge in [0.15, 0.2) is 5.82 Å². The zero-order valence-electron chi connectivity index (χ0n) is 14.1. The first-order chi connectivity index (χ1) is 12.4. The molecule has 1 unspecified atom stereocenters. The highest BCUT2D eigenvalue weighted by Crippen LogP contribution is 2.18. The standard InChI is InChI=1S/C17H17N7O2.ClH/c18-13(17(25)26)7-12-8-24(9-21-12)15-6-5-14(22-23-15)10-1-3-11(4-2-10)16(19)20;/h1-6,8-9,13H,7,18H2,(H3,19,20)(H,25,26);1H. The van der Waals surface area contributed by atoms with Crippen LogP contribution in [-0.4, -0.2) is 42.7 Å². The number of aromatic nitrogens is 4. The van der Waals surface area contributed by atoms with Crippen LogP contribution in [0, 0.1) is 5.41 Å². The van der Waals surface area contributed by atoms with Crippen molar-refractivity contribution in [2.75, 3.05) is 0 Å². The first-order valence-electron chi connectivity index (χ1n) is 7.74. The molecular formula is C17H18ClN7O2. The van der Waals surface area contributed by atoms with Crippen LogP contribution in [0.3, 0.4) is 0 Å². The minimum Gasteiger partial charge on any atom is -0.480 e. The molecule has 9 nitrogen and oxygen atoms in total. The average Bonchev–Trinajstić information content (AvgIpc) is 3.10. The molecule has 1 atom stereocenters. The molecule has 1 aromatic carbocycles. The van der Waals surface area contributed by atoms with Gasteiger partial charge in [-0.1, -0.05) is 24.3 Å². The van der Waals surface area contributed by atoms with Gasteiger partial charge in [0, 0.05) is 23.7 Å². The molecule has 0 bridgehead atoms. The van der Waals surface area contributed by atoms with E-state index in [9.17, 15) is 4.79 Å². The lowest BCUT2D eigenvalue weighted by Gasteiger charge is -2.04. The first kappa shape index (κ1) is 20.0. The van der Waals surface area contributed by atoms with E-state index in [1.165, 1.54) is 6.33 Å². The Morgan fingerprint density at radius 2 is 1.89 bits per heavy atom. The van der Waals surface area contributed by atoms with Gasteiger partial charge in [0.2, 0.25) is 0 Å². The maximum atomic E-state index is 10.8. The van der Waals surface area contributed by atoms with Crippen molar-refractivity contribution in [3.8, 4) is 17.1 Å². The summed E-state index contributed by atoms with van der Waals surface area (Å²) >= 11 is 0. The van der Waals surface area contributed by atoms with Gasteiger partial charge in [-0.05, 0) is 12.1 Å². The predicted octanol–water partition coefficient (Wildman–Crippen LogP) is 0.990. The highest BCUT2D eigenvalue weighted by Gasteiger charge is 2.14. The summed E-state index contributed by atoms with van der Waals surface area (Å²) in [5, 5.41) is 24.6. The molecule has 0 fully saturated rings. The van der Waals surface area contributed by atoms with E-state index in [-0.39, 0.29) is 24.7 Å². The molecule has 2 aromatic heterocycles. The summed E-state index contributed by atoms with van der Waals surface area (Å²) < 4.78 is 1.65. The Kier molecular flexibility index (Phi) is 6.22. The van der Waals surface area contributed by atoms with Crippen LogP contribution in [0.15, 0.2) is 48.9 Å². The zero-order chi connectivity index (χ0) is 18.7. The summed E-state index contributed by atoms with van der Waals surface area (Å²) in [6.07, 6.45) is 3.35. The van der Waals surface area contributed by atoms with Crippen molar-refractivity contribution >= 4 is 24.2 Å². The molecule has 0 aliphatic rings. The van der Waals surface area contributed by atoms with E-state index in [1.807, 2.05) is 18.2 Å². The fourth-order valence-corrected chi connectivity index (χ4v) is 2.34. The van der Waals surface area contributed by atoms with Crippen LogP contribution >= 0.6 is 12.4 Å². The third kappa shape index (κ3) is 4.66. The van der Waals surface area contributed by atoms with Crippen LogP contribution in [0.2, 0.25) is 0 Å². The molecule has 0 saturated heterocycles. The minimum absolute atomic E-state index is 0. The zero-order valence-corrected chi connectivity index (χ0v) is 14.9. The second-order valence-electron chi connectivity index (χ2n) is 5.69. The number of hydrogen-bond donors (Lipinski definition) is 4. The Morgan fingerprint density at radius 3 is 2.44 bits per heavy atom. The smallest absolute Gasteiger partial charge is 0.320 e. The van der Waals surface area contributed by atoms with Crippen molar-refractivity contribution in [3.63, 3.8) is 0 Å². The predicted molar refractivity (Wildman–Crippen MR) is 102 cm³/mol. The van der Waals surface area contributed by atoms with Crippen molar-refractivity contribution in [3.05, 3.63) is 60.2 Å². The van der Waals surface area contributed by atoms with Crippen molar-refractivity contribution in [1.82, 2.24) is 19.7 Å². The van der Waals surface area contributed by atoms with Crippen molar-refractivity contribution < 1.29 is 9.90 Å². The van der Waals surface area contributed by atoms with E-state index in [0.717, 1.165) is 5.56 Å². The fraction of sp³-hybridized carbons (Fsp3) is 0.118. The highest BCUT2D eigenvalue weighted by molar-refractivity contribution is 5.95. The molecular weight excluding hydrogens is 370 g/mol. The number of rotatable bonds is 6. The van der Waals surface area contributed by atoms with Gasteiger partial charge < -0.3 is 16.6 Å². The summed E-state index contributed by atoms with van der Waals surface area (Å²) in [4.78, 5) is 15.0. The number of nitrogens with two attached hydrogens (primary N) is 2. The Labute approximate surface area is 161 Å². The summed E-state index contributed by atoms with van der Waals surface area (Å²) in [6.45, 7) is 0. The minimum atomic E-state index is -1.07. The van der Waals surface area contributed by atoms with Gasteiger partial charge in [0.25, 0.3) is 0 Å². The van der Waals surface area contributed by atoms with Gasteiger partial charge in [0.1, 0.15) is 18.2 Å². The van der Waals surface area contributed by atoms with E-state index in [2.05, 4.69) is 15.2 Å². The average molecular weight is 388 g/mol. The lowest BCUT2D eigenvalue weighted by atomic mass is 10.1. The quantitative estimate of drug-likeness (QED) is 0.362. The van der Waals surface area contributed by atoms with Crippen LogP contribution in [0.25, 0.3) is 17.1 Å². The number of hydrogen-bond acceptors (Lipinski definition) is 6. The van der Waals surface area contributed by atoms with E-state index >= 15 is 0 Å². The maximum absolute atomic E-state index is 10.8. The van der Waals surface area contributed by atoms with E-state index in [0.29, 0.717) is 22.8 Å². The third-order valence-electron chi connectivity index (χ3n) is 3.79. The van der Waals surface area contributed by atoms with Crippen molar-refractivity contribution in [2.45, 2.75) is 12.5 Å². The number of halogens is 1. The number of amidine groups is 1. The molecule has 0 aliphatic heterocycles. The molecule has 27 heavy (non-hydrogen) atoms. The lowest BCUT2D eigenvalue weighted by Crippen LogP contribution is -2.32. The number of nitrogens with one attached hydrogen (secondary N) is 1. The summed E-state index contributed by atoms with van der Waals surface area (Å²) in [7, 11) is 0. The maximum Gasteiger partial charge on any atom is 0.320 e. The Morgan fingerprint density at radius 1 is 1.19 bits per heavy atom. The van der Waals surface area contributed by atoms with Crippen LogP contribution in [0.5, 0.6) is 0 Å². The molecule has 0 saturated carbocycles. The SMILES string of the molecule is Cl.N=C(N)c1ccc(-c2ccc(-n3cnc(CC(N)C(=O)O)c3)nn2)cc1. The van der Waals surface area contributed by atoms with E-state index in [1.54, 1.807) is 29.0 Å². The molecule has 140 valence electrons. The molecule has 10 heteroatoms. The molecule has 0 amide bonds. The Balaban J connectivity index is 0.00000261. The topological polar surface area (TPSA) is 157 Å². The molecule has 3 aromatic rings. The van der Waals surface area contributed by atoms with Gasteiger partial charge in [0.05, 0.1) is 11.4 Å². The molecule has 3 rings (SSSR count). The third-order valence-corrected chi connectivity index (χ3v) is 3.79. The number of imidazole rings is 1. The van der Waals surface area contributed by atoms with Crippen LogP contribution in [0.4, 0.5) is 0 Å². The Bertz CT molecular complexity index is 939. The van der Waals surface area contributed by atoms with Gasteiger partial charge in [-0.2, -0.15) is 0 Å². The van der Waals surface area contributed by atoms with Crippen LogP contribution in [0.1, 0.15) is 11.3 Å². The number of carboxylic acids is 1. The van der Waals surface area contributed by atoms with Gasteiger partial charge >= 0.3 is 5.97 Å². The summed E-state index contributed by atoms with van der Waals surface area (Å²) in [5.74, 6) is -0.507. The Hall–Kier alpha value is -3.30. The van der Waals surface area contributed by atoms with E-state index < -0.39 is 12.0 Å². The van der Waals surface area contributed by atoms with E-state index in [4.69, 9.17) is 22.0 Å². The largest absolute Gasteiger partial charge is 0.480 e. The fourth-order valence-electron chi connectivity index (χ4n) is 2.34. The van der Waals surface area contributed by atoms with Crippen LogP contribution in [-0.2, 0) is 11.2 Å². The molecule has 2 heterocycles. The number of carbonyl (C=O) groups is 1. The molecule has 0 radical (unpaired) electrons.